The summed E-state index contributed by atoms with van der Waals surface area (Å²) in [6.07, 6.45) is 1.47. The summed E-state index contributed by atoms with van der Waals surface area (Å²) in [7, 11) is 0. The van der Waals surface area contributed by atoms with Crippen LogP contribution in [0.25, 0.3) is 0 Å². The lowest BCUT2D eigenvalue weighted by Gasteiger charge is -2.58. The van der Waals surface area contributed by atoms with Gasteiger partial charge in [-0.15, -0.1) is 12.4 Å². The number of halogens is 2. The molecule has 1 saturated heterocycles. The van der Waals surface area contributed by atoms with Crippen molar-refractivity contribution in [2.45, 2.75) is 64.1 Å². The Hall–Kier alpha value is -1.17. The maximum Gasteiger partial charge on any atom is 0.243 e. The van der Waals surface area contributed by atoms with Crippen molar-refractivity contribution < 1.29 is 13.9 Å². The van der Waals surface area contributed by atoms with Crippen LogP contribution < -0.4 is 5.73 Å². The summed E-state index contributed by atoms with van der Waals surface area (Å²) in [6, 6.07) is 6.73. The number of rotatable bonds is 4. The van der Waals surface area contributed by atoms with Crippen molar-refractivity contribution in [1.29, 1.82) is 0 Å². The van der Waals surface area contributed by atoms with E-state index in [2.05, 4.69) is 6.92 Å². The largest absolute Gasteiger partial charge is 0.378 e. The van der Waals surface area contributed by atoms with Crippen LogP contribution in [0.2, 0.25) is 0 Å². The quantitative estimate of drug-likeness (QED) is 0.864. The van der Waals surface area contributed by atoms with E-state index in [1.807, 2.05) is 37.8 Å². The summed E-state index contributed by atoms with van der Waals surface area (Å²) >= 11 is 0. The van der Waals surface area contributed by atoms with Crippen LogP contribution in [0.3, 0.4) is 0 Å². The number of carbonyl (C=O) groups is 1. The van der Waals surface area contributed by atoms with E-state index < -0.39 is 5.54 Å². The second-order valence-electron chi connectivity index (χ2n) is 8.13. The molecule has 2 fully saturated rings. The third kappa shape index (κ3) is 3.25. The first kappa shape index (κ1) is 21.1. The Morgan fingerprint density at radius 3 is 2.50 bits per heavy atom. The maximum absolute atomic E-state index is 13.2. The van der Waals surface area contributed by atoms with E-state index in [4.69, 9.17) is 10.5 Å². The van der Waals surface area contributed by atoms with E-state index >= 15 is 0 Å². The molecule has 146 valence electrons. The summed E-state index contributed by atoms with van der Waals surface area (Å²) < 4.78 is 18.9. The number of nitrogens with zero attached hydrogens (tertiary/aromatic N) is 1. The Labute approximate surface area is 161 Å². The lowest BCUT2D eigenvalue weighted by Crippen LogP contribution is -2.76. The van der Waals surface area contributed by atoms with E-state index in [1.165, 1.54) is 12.1 Å². The molecule has 26 heavy (non-hydrogen) atoms. The molecule has 2 aliphatic rings. The minimum absolute atomic E-state index is 0. The van der Waals surface area contributed by atoms with Gasteiger partial charge in [-0.2, -0.15) is 0 Å². The molecule has 1 heterocycles. The molecular formula is C20H30ClFN2O2. The highest BCUT2D eigenvalue weighted by Gasteiger charge is 2.64. The average Bonchev–Trinajstić information content (AvgIpc) is 2.96. The number of carbonyl (C=O) groups excluding carboxylic acids is 1. The fourth-order valence-electron chi connectivity index (χ4n) is 4.34. The van der Waals surface area contributed by atoms with Crippen molar-refractivity contribution in [3.8, 4) is 0 Å². The van der Waals surface area contributed by atoms with Gasteiger partial charge in [0.1, 0.15) is 11.4 Å². The molecule has 1 aromatic rings. The second kappa shape index (κ2) is 7.45. The van der Waals surface area contributed by atoms with Gasteiger partial charge >= 0.3 is 0 Å². The summed E-state index contributed by atoms with van der Waals surface area (Å²) in [5.74, 6) is 0.0152. The van der Waals surface area contributed by atoms with Gasteiger partial charge in [0.15, 0.2) is 0 Å². The number of hydrogen-bond donors (Lipinski definition) is 1. The van der Waals surface area contributed by atoms with Crippen LogP contribution in [-0.4, -0.2) is 41.6 Å². The third-order valence-electron chi connectivity index (χ3n) is 6.39. The first-order valence-electron chi connectivity index (χ1n) is 9.17. The predicted octanol–water partition coefficient (Wildman–Crippen LogP) is 3.48. The van der Waals surface area contributed by atoms with E-state index in [9.17, 15) is 9.18 Å². The topological polar surface area (TPSA) is 55.6 Å². The van der Waals surface area contributed by atoms with Crippen molar-refractivity contribution in [3.05, 3.63) is 35.6 Å². The number of hydrogen-bond acceptors (Lipinski definition) is 3. The van der Waals surface area contributed by atoms with E-state index in [-0.39, 0.29) is 47.6 Å². The van der Waals surface area contributed by atoms with Crippen molar-refractivity contribution in [2.75, 3.05) is 13.2 Å². The van der Waals surface area contributed by atoms with Gasteiger partial charge in [0.25, 0.3) is 0 Å². The van der Waals surface area contributed by atoms with Gasteiger partial charge in [-0.1, -0.05) is 26.0 Å². The second-order valence-corrected chi connectivity index (χ2v) is 8.13. The molecule has 3 rings (SSSR count). The number of amides is 1. The molecule has 4 nitrogen and oxygen atoms in total. The smallest absolute Gasteiger partial charge is 0.243 e. The number of benzene rings is 1. The van der Waals surface area contributed by atoms with Crippen molar-refractivity contribution in [2.24, 2.45) is 11.1 Å². The number of likely N-dealkylation sites (tertiary alicyclic amines) is 1. The number of nitrogens with two attached hydrogens (primary N) is 1. The van der Waals surface area contributed by atoms with Gasteiger partial charge in [0.05, 0.1) is 6.10 Å². The molecule has 1 aromatic carbocycles. The van der Waals surface area contributed by atoms with Gasteiger partial charge in [0.2, 0.25) is 5.91 Å². The van der Waals surface area contributed by atoms with Gasteiger partial charge in [0, 0.05) is 36.9 Å². The lowest BCUT2D eigenvalue weighted by atomic mass is 9.54. The minimum Gasteiger partial charge on any atom is -0.378 e. The first-order chi connectivity index (χ1) is 11.7. The lowest BCUT2D eigenvalue weighted by molar-refractivity contribution is -0.179. The van der Waals surface area contributed by atoms with E-state index in [1.54, 1.807) is 0 Å². The predicted molar refractivity (Wildman–Crippen MR) is 103 cm³/mol. The maximum atomic E-state index is 13.2. The van der Waals surface area contributed by atoms with Crippen LogP contribution in [0.1, 0.15) is 52.0 Å². The van der Waals surface area contributed by atoms with Gasteiger partial charge < -0.3 is 15.4 Å². The molecule has 1 saturated carbocycles. The molecule has 0 bridgehead atoms. The number of ether oxygens (including phenoxy) is 1. The normalized spacial score (nSPS) is 32.7. The Bertz CT molecular complexity index is 652. The molecule has 0 aromatic heterocycles. The summed E-state index contributed by atoms with van der Waals surface area (Å²) in [5, 5.41) is 0. The van der Waals surface area contributed by atoms with Crippen LogP contribution in [-0.2, 0) is 9.53 Å². The molecule has 1 aliphatic heterocycles. The SMILES string of the molecule is CCOC1CC(N)(C(=O)N2CC(c3ccc(F)cc3)CC2C)C1(C)C.Cl. The fraction of sp³-hybridized carbons (Fsp3) is 0.650. The summed E-state index contributed by atoms with van der Waals surface area (Å²) in [4.78, 5) is 15.2. The fourth-order valence-corrected chi connectivity index (χ4v) is 4.34. The van der Waals surface area contributed by atoms with Gasteiger partial charge in [-0.25, -0.2) is 4.39 Å². The van der Waals surface area contributed by atoms with Crippen LogP contribution in [0.4, 0.5) is 4.39 Å². The highest BCUT2D eigenvalue weighted by Crippen LogP contribution is 2.51. The van der Waals surface area contributed by atoms with Crippen molar-refractivity contribution >= 4 is 18.3 Å². The highest BCUT2D eigenvalue weighted by atomic mass is 35.5. The third-order valence-corrected chi connectivity index (χ3v) is 6.39. The zero-order chi connectivity index (χ0) is 18.4. The zero-order valence-corrected chi connectivity index (χ0v) is 16.8. The average molecular weight is 385 g/mol. The van der Waals surface area contributed by atoms with Crippen LogP contribution >= 0.6 is 12.4 Å². The Kier molecular flexibility index (Phi) is 6.06. The summed E-state index contributed by atoms with van der Waals surface area (Å²) in [5.41, 5.74) is 6.39. The molecule has 1 aliphatic carbocycles. The monoisotopic (exact) mass is 384 g/mol. The van der Waals surface area contributed by atoms with E-state index in [0.717, 1.165) is 12.0 Å². The Balaban J connectivity index is 0.00000243. The van der Waals surface area contributed by atoms with Gasteiger partial charge in [-0.05, 0) is 38.0 Å². The Morgan fingerprint density at radius 1 is 1.35 bits per heavy atom. The highest BCUT2D eigenvalue weighted by molar-refractivity contribution is 5.89. The van der Waals surface area contributed by atoms with Crippen LogP contribution in [0, 0.1) is 11.2 Å². The van der Waals surface area contributed by atoms with Crippen molar-refractivity contribution in [3.63, 3.8) is 0 Å². The molecule has 2 N–H and O–H groups in total. The first-order valence-corrected chi connectivity index (χ1v) is 9.17. The molecule has 1 amide bonds. The molecule has 4 atom stereocenters. The van der Waals surface area contributed by atoms with Crippen LogP contribution in [0.15, 0.2) is 24.3 Å². The zero-order valence-electron chi connectivity index (χ0n) is 16.0. The molecule has 6 heteroatoms. The van der Waals surface area contributed by atoms with Gasteiger partial charge in [-0.3, -0.25) is 4.79 Å². The standard InChI is InChI=1S/C20H29FN2O2.ClH/c1-5-25-17-11-20(22,19(17,3)4)18(24)23-12-15(10-13(23)2)14-6-8-16(21)9-7-14;/h6-9,13,15,17H,5,10-12,22H2,1-4H3;1H. The van der Waals surface area contributed by atoms with Crippen molar-refractivity contribution in [1.82, 2.24) is 4.90 Å². The molecule has 0 spiro atoms. The minimum atomic E-state index is -0.876. The van der Waals surface area contributed by atoms with E-state index in [0.29, 0.717) is 19.6 Å². The Morgan fingerprint density at radius 2 is 1.96 bits per heavy atom. The molecular weight excluding hydrogens is 355 g/mol. The molecule has 4 unspecified atom stereocenters. The van der Waals surface area contributed by atoms with Crippen LogP contribution in [0.5, 0.6) is 0 Å². The summed E-state index contributed by atoms with van der Waals surface area (Å²) in [6.45, 7) is 9.34. The molecule has 0 radical (unpaired) electrons.